The number of rotatable bonds is 2. The summed E-state index contributed by atoms with van der Waals surface area (Å²) in [7, 11) is 1.35. The fourth-order valence-corrected chi connectivity index (χ4v) is 1.20. The number of phenols is 1. The molecule has 0 unspecified atom stereocenters. The normalized spacial score (nSPS) is 10.2. The van der Waals surface area contributed by atoms with E-state index in [0.717, 1.165) is 0 Å². The minimum atomic E-state index is -0.829. The van der Waals surface area contributed by atoms with Gasteiger partial charge in [-0.25, -0.2) is 4.39 Å². The molecule has 0 amide bonds. The summed E-state index contributed by atoms with van der Waals surface area (Å²) in [5.74, 6) is -1.27. The third-order valence-electron chi connectivity index (χ3n) is 1.83. The van der Waals surface area contributed by atoms with E-state index in [1.165, 1.54) is 13.2 Å². The van der Waals surface area contributed by atoms with Crippen molar-refractivity contribution in [2.45, 2.75) is 13.5 Å². The Morgan fingerprint density at radius 1 is 1.54 bits per heavy atom. The van der Waals surface area contributed by atoms with Crippen LogP contribution in [0.1, 0.15) is 11.1 Å². The third-order valence-corrected chi connectivity index (χ3v) is 1.83. The van der Waals surface area contributed by atoms with Gasteiger partial charge >= 0.3 is 0 Å². The van der Waals surface area contributed by atoms with Gasteiger partial charge in [-0.15, -0.1) is 0 Å². The Labute approximate surface area is 75.4 Å². The fourth-order valence-electron chi connectivity index (χ4n) is 1.20. The van der Waals surface area contributed by atoms with Crippen LogP contribution in [0.3, 0.4) is 0 Å². The van der Waals surface area contributed by atoms with Crippen molar-refractivity contribution in [1.29, 1.82) is 0 Å². The van der Waals surface area contributed by atoms with Gasteiger partial charge in [0.25, 0.3) is 0 Å². The maximum absolute atomic E-state index is 13.1. The van der Waals surface area contributed by atoms with Crippen LogP contribution in [0.4, 0.5) is 4.39 Å². The van der Waals surface area contributed by atoms with Crippen LogP contribution >= 0.6 is 0 Å². The van der Waals surface area contributed by atoms with Crippen LogP contribution in [-0.4, -0.2) is 17.3 Å². The van der Waals surface area contributed by atoms with E-state index in [0.29, 0.717) is 5.56 Å². The van der Waals surface area contributed by atoms with E-state index >= 15 is 0 Å². The van der Waals surface area contributed by atoms with Gasteiger partial charge < -0.3 is 14.9 Å². The molecule has 1 rings (SSSR count). The number of aliphatic hydroxyl groups excluding tert-OH is 1. The van der Waals surface area contributed by atoms with Crippen LogP contribution in [0.25, 0.3) is 0 Å². The highest BCUT2D eigenvalue weighted by atomic mass is 19.1. The van der Waals surface area contributed by atoms with E-state index in [1.807, 2.05) is 0 Å². The van der Waals surface area contributed by atoms with Gasteiger partial charge in [0, 0.05) is 5.56 Å². The lowest BCUT2D eigenvalue weighted by Gasteiger charge is -2.10. The highest BCUT2D eigenvalue weighted by Gasteiger charge is 2.15. The second kappa shape index (κ2) is 3.62. The molecule has 0 fully saturated rings. The van der Waals surface area contributed by atoms with Crippen molar-refractivity contribution < 1.29 is 19.3 Å². The zero-order valence-corrected chi connectivity index (χ0v) is 7.47. The molecule has 4 heteroatoms. The topological polar surface area (TPSA) is 49.7 Å². The molecule has 72 valence electrons. The second-order valence-electron chi connectivity index (χ2n) is 2.71. The summed E-state index contributed by atoms with van der Waals surface area (Å²) >= 11 is 0. The first kappa shape index (κ1) is 9.80. The van der Waals surface area contributed by atoms with Crippen LogP contribution in [0.2, 0.25) is 0 Å². The number of halogens is 1. The van der Waals surface area contributed by atoms with E-state index < -0.39 is 18.2 Å². The summed E-state index contributed by atoms with van der Waals surface area (Å²) in [5.41, 5.74) is 0.654. The molecular formula is C9H11FO3. The van der Waals surface area contributed by atoms with Gasteiger partial charge in [0.2, 0.25) is 0 Å². The number of hydrogen-bond acceptors (Lipinski definition) is 3. The molecule has 0 saturated heterocycles. The van der Waals surface area contributed by atoms with Gasteiger partial charge in [-0.2, -0.15) is 0 Å². The molecule has 0 aliphatic heterocycles. The molecule has 0 heterocycles. The Kier molecular flexibility index (Phi) is 2.72. The molecule has 0 aliphatic carbocycles. The zero-order valence-electron chi connectivity index (χ0n) is 7.47. The average molecular weight is 186 g/mol. The molecule has 1 aromatic rings. The van der Waals surface area contributed by atoms with Crippen LogP contribution < -0.4 is 4.74 Å². The maximum atomic E-state index is 13.1. The van der Waals surface area contributed by atoms with Crippen LogP contribution in [0.15, 0.2) is 6.07 Å². The van der Waals surface area contributed by atoms with Crippen molar-refractivity contribution in [3.05, 3.63) is 23.0 Å². The molecule has 0 aromatic heterocycles. The molecule has 2 N–H and O–H groups in total. The van der Waals surface area contributed by atoms with Crippen molar-refractivity contribution in [3.63, 3.8) is 0 Å². The van der Waals surface area contributed by atoms with Crippen LogP contribution in [0, 0.1) is 12.7 Å². The maximum Gasteiger partial charge on any atom is 0.194 e. The van der Waals surface area contributed by atoms with Gasteiger partial charge in [0.05, 0.1) is 13.7 Å². The smallest absolute Gasteiger partial charge is 0.194 e. The van der Waals surface area contributed by atoms with Crippen LogP contribution in [0.5, 0.6) is 11.5 Å². The van der Waals surface area contributed by atoms with Gasteiger partial charge in [-0.05, 0) is 18.6 Å². The minimum absolute atomic E-state index is 0.0656. The number of aliphatic hydroxyl groups is 1. The third kappa shape index (κ3) is 1.58. The predicted molar refractivity (Wildman–Crippen MR) is 45.3 cm³/mol. The summed E-state index contributed by atoms with van der Waals surface area (Å²) < 4.78 is 17.9. The number of aryl methyl sites for hydroxylation is 1. The summed E-state index contributed by atoms with van der Waals surface area (Å²) in [6.07, 6.45) is 0. The molecule has 0 atom stereocenters. The molecule has 0 aliphatic rings. The molecule has 0 saturated carbocycles. The van der Waals surface area contributed by atoms with E-state index in [1.54, 1.807) is 6.92 Å². The van der Waals surface area contributed by atoms with Crippen molar-refractivity contribution in [2.75, 3.05) is 7.11 Å². The molecular weight excluding hydrogens is 175 g/mol. The monoisotopic (exact) mass is 186 g/mol. The highest BCUT2D eigenvalue weighted by Crippen LogP contribution is 2.34. The molecule has 0 bridgehead atoms. The molecule has 0 radical (unpaired) electrons. The first-order chi connectivity index (χ1) is 6.11. The lowest BCUT2D eigenvalue weighted by molar-refractivity contribution is 0.271. The first-order valence-electron chi connectivity index (χ1n) is 3.77. The van der Waals surface area contributed by atoms with Gasteiger partial charge in [-0.1, -0.05) is 0 Å². The largest absolute Gasteiger partial charge is 0.502 e. The van der Waals surface area contributed by atoms with Gasteiger partial charge in [0.1, 0.15) is 0 Å². The van der Waals surface area contributed by atoms with Gasteiger partial charge in [-0.3, -0.25) is 0 Å². The quantitative estimate of drug-likeness (QED) is 0.732. The summed E-state index contributed by atoms with van der Waals surface area (Å²) in [4.78, 5) is 0. The van der Waals surface area contributed by atoms with Crippen molar-refractivity contribution in [2.24, 2.45) is 0 Å². The number of aromatic hydroxyl groups is 1. The van der Waals surface area contributed by atoms with Crippen molar-refractivity contribution >= 4 is 0 Å². The number of hydrogen-bond donors (Lipinski definition) is 2. The summed E-state index contributed by atoms with van der Waals surface area (Å²) in [6.45, 7) is 1.22. The zero-order chi connectivity index (χ0) is 10.0. The number of phenolic OH excluding ortho intramolecular Hbond substituents is 1. The Balaban J connectivity index is 3.37. The molecule has 0 spiro atoms. The molecule has 3 nitrogen and oxygen atoms in total. The average Bonchev–Trinajstić information content (AvgIpc) is 2.12. The Bertz CT molecular complexity index is 323. The summed E-state index contributed by atoms with van der Waals surface area (Å²) in [5, 5.41) is 18.0. The van der Waals surface area contributed by atoms with Crippen molar-refractivity contribution in [1.82, 2.24) is 0 Å². The van der Waals surface area contributed by atoms with E-state index in [2.05, 4.69) is 0 Å². The standard InChI is InChI=1S/C9H11FO3/c1-5-3-6(4-11)7(10)8(12)9(5)13-2/h3,11-12H,4H2,1-2H3. The Morgan fingerprint density at radius 2 is 2.15 bits per heavy atom. The second-order valence-corrected chi connectivity index (χ2v) is 2.71. The lowest BCUT2D eigenvalue weighted by Crippen LogP contribution is -1.96. The lowest BCUT2D eigenvalue weighted by atomic mass is 10.1. The highest BCUT2D eigenvalue weighted by molar-refractivity contribution is 5.49. The van der Waals surface area contributed by atoms with E-state index in [9.17, 15) is 9.50 Å². The fraction of sp³-hybridized carbons (Fsp3) is 0.333. The van der Waals surface area contributed by atoms with E-state index in [-0.39, 0.29) is 11.3 Å². The minimum Gasteiger partial charge on any atom is -0.502 e. The first-order valence-corrected chi connectivity index (χ1v) is 3.77. The van der Waals surface area contributed by atoms with Gasteiger partial charge in [0.15, 0.2) is 17.3 Å². The van der Waals surface area contributed by atoms with E-state index in [4.69, 9.17) is 9.84 Å². The number of methoxy groups -OCH3 is 1. The van der Waals surface area contributed by atoms with Crippen molar-refractivity contribution in [3.8, 4) is 11.5 Å². The van der Waals surface area contributed by atoms with Crippen LogP contribution in [-0.2, 0) is 6.61 Å². The SMILES string of the molecule is COc1c(C)cc(CO)c(F)c1O. The number of benzene rings is 1. The summed E-state index contributed by atoms with van der Waals surface area (Å²) in [6, 6.07) is 1.44. The number of ether oxygens (including phenoxy) is 1. The molecule has 13 heavy (non-hydrogen) atoms. The Morgan fingerprint density at radius 3 is 2.62 bits per heavy atom. The predicted octanol–water partition coefficient (Wildman–Crippen LogP) is 1.34. The molecule has 1 aromatic carbocycles. The Hall–Kier alpha value is -1.29.